The van der Waals surface area contributed by atoms with E-state index >= 15 is 0 Å². The average Bonchev–Trinajstić information content (AvgIpc) is 2.38. The van der Waals surface area contributed by atoms with Gasteiger partial charge in [0.25, 0.3) is 0 Å². The monoisotopic (exact) mass is 233 g/mol. The van der Waals surface area contributed by atoms with Gasteiger partial charge in [-0.3, -0.25) is 0 Å². The molecule has 0 amide bonds. The van der Waals surface area contributed by atoms with Crippen LogP contribution < -0.4 is 5.73 Å². The van der Waals surface area contributed by atoms with Gasteiger partial charge in [0.15, 0.2) is 0 Å². The van der Waals surface area contributed by atoms with Crippen LogP contribution >= 0.6 is 0 Å². The summed E-state index contributed by atoms with van der Waals surface area (Å²) in [7, 11) is 0. The zero-order chi connectivity index (χ0) is 12.5. The molecule has 1 atom stereocenters. The van der Waals surface area contributed by atoms with E-state index in [-0.39, 0.29) is 6.04 Å². The summed E-state index contributed by atoms with van der Waals surface area (Å²) < 4.78 is 0. The molecule has 0 radical (unpaired) electrons. The second-order valence-corrected chi connectivity index (χ2v) is 4.91. The smallest absolute Gasteiger partial charge is 0.0294 e. The maximum absolute atomic E-state index is 6.23. The molecule has 0 aliphatic heterocycles. The first-order valence-electron chi connectivity index (χ1n) is 7.12. The van der Waals surface area contributed by atoms with Gasteiger partial charge in [0, 0.05) is 6.04 Å². The van der Waals surface area contributed by atoms with Gasteiger partial charge < -0.3 is 5.73 Å². The molecule has 1 heteroatoms. The van der Waals surface area contributed by atoms with E-state index in [1.165, 1.54) is 43.2 Å². The predicted octanol–water partition coefficient (Wildman–Crippen LogP) is 4.61. The van der Waals surface area contributed by atoms with Crippen molar-refractivity contribution in [3.63, 3.8) is 0 Å². The molecule has 0 bridgehead atoms. The molecule has 1 nitrogen and oxygen atoms in total. The lowest BCUT2D eigenvalue weighted by atomic mass is 9.98. The van der Waals surface area contributed by atoms with E-state index < -0.39 is 0 Å². The van der Waals surface area contributed by atoms with Crippen LogP contribution in [-0.2, 0) is 6.42 Å². The highest BCUT2D eigenvalue weighted by atomic mass is 14.6. The Morgan fingerprint density at radius 1 is 1.06 bits per heavy atom. The van der Waals surface area contributed by atoms with E-state index in [0.717, 1.165) is 12.8 Å². The lowest BCUT2D eigenvalue weighted by Gasteiger charge is -2.13. The summed E-state index contributed by atoms with van der Waals surface area (Å²) in [4.78, 5) is 0. The Morgan fingerprint density at radius 3 is 2.53 bits per heavy atom. The fourth-order valence-corrected chi connectivity index (χ4v) is 2.18. The Balaban J connectivity index is 2.33. The largest absolute Gasteiger partial charge is 0.324 e. The summed E-state index contributed by atoms with van der Waals surface area (Å²) in [6.07, 6.45) is 8.84. The lowest BCUT2D eigenvalue weighted by molar-refractivity contribution is 0.555. The normalized spacial score (nSPS) is 12.6. The SMILES string of the molecule is CCCCCCCC(N)c1cccc(CC)c1. The van der Waals surface area contributed by atoms with Crippen LogP contribution in [0.3, 0.4) is 0 Å². The number of benzene rings is 1. The molecular weight excluding hydrogens is 206 g/mol. The Labute approximate surface area is 106 Å². The lowest BCUT2D eigenvalue weighted by Crippen LogP contribution is -2.10. The number of aryl methyl sites for hydroxylation is 1. The van der Waals surface area contributed by atoms with Crippen molar-refractivity contribution >= 4 is 0 Å². The fourth-order valence-electron chi connectivity index (χ4n) is 2.18. The highest BCUT2D eigenvalue weighted by Crippen LogP contribution is 2.19. The first-order valence-corrected chi connectivity index (χ1v) is 7.12. The number of nitrogens with two attached hydrogens (primary N) is 1. The van der Waals surface area contributed by atoms with Crippen LogP contribution in [0, 0.1) is 0 Å². The summed E-state index contributed by atoms with van der Waals surface area (Å²) in [5.74, 6) is 0. The Kier molecular flexibility index (Phi) is 6.95. The zero-order valence-electron chi connectivity index (χ0n) is 11.4. The van der Waals surface area contributed by atoms with Crippen molar-refractivity contribution < 1.29 is 0 Å². The van der Waals surface area contributed by atoms with Gasteiger partial charge in [-0.15, -0.1) is 0 Å². The van der Waals surface area contributed by atoms with Gasteiger partial charge in [-0.05, 0) is 24.0 Å². The summed E-state index contributed by atoms with van der Waals surface area (Å²) in [6.45, 7) is 4.44. The second-order valence-electron chi connectivity index (χ2n) is 4.91. The molecule has 0 saturated heterocycles. The van der Waals surface area contributed by atoms with Gasteiger partial charge in [0.05, 0.1) is 0 Å². The zero-order valence-corrected chi connectivity index (χ0v) is 11.4. The minimum atomic E-state index is 0.225. The predicted molar refractivity (Wildman–Crippen MR) is 76.1 cm³/mol. The van der Waals surface area contributed by atoms with Crippen LogP contribution in [0.1, 0.15) is 69.5 Å². The van der Waals surface area contributed by atoms with Crippen LogP contribution in [0.5, 0.6) is 0 Å². The van der Waals surface area contributed by atoms with Crippen molar-refractivity contribution in [3.05, 3.63) is 35.4 Å². The number of hydrogen-bond donors (Lipinski definition) is 1. The Hall–Kier alpha value is -0.820. The fraction of sp³-hybridized carbons (Fsp3) is 0.625. The molecule has 0 aliphatic carbocycles. The van der Waals surface area contributed by atoms with Gasteiger partial charge in [-0.2, -0.15) is 0 Å². The molecule has 0 spiro atoms. The van der Waals surface area contributed by atoms with E-state index in [0.29, 0.717) is 0 Å². The molecule has 1 aromatic carbocycles. The molecule has 1 rings (SSSR count). The van der Waals surface area contributed by atoms with Crippen molar-refractivity contribution in [2.24, 2.45) is 5.73 Å². The maximum atomic E-state index is 6.23. The van der Waals surface area contributed by atoms with Crippen LogP contribution in [0.4, 0.5) is 0 Å². The van der Waals surface area contributed by atoms with Gasteiger partial charge in [0.1, 0.15) is 0 Å². The molecule has 1 unspecified atom stereocenters. The number of rotatable bonds is 8. The van der Waals surface area contributed by atoms with E-state index in [4.69, 9.17) is 5.73 Å². The third-order valence-electron chi connectivity index (χ3n) is 3.41. The molecule has 0 aromatic heterocycles. The maximum Gasteiger partial charge on any atom is 0.0294 e. The first kappa shape index (κ1) is 14.2. The van der Waals surface area contributed by atoms with Gasteiger partial charge >= 0.3 is 0 Å². The standard InChI is InChI=1S/C16H27N/c1-3-5-6-7-8-12-16(17)15-11-9-10-14(4-2)13-15/h9-11,13,16H,3-8,12,17H2,1-2H3. The van der Waals surface area contributed by atoms with E-state index in [1.807, 2.05) is 0 Å². The van der Waals surface area contributed by atoms with Crippen molar-refractivity contribution in [2.45, 2.75) is 64.8 Å². The molecule has 0 saturated carbocycles. The molecule has 0 heterocycles. The Bertz CT molecular complexity index is 306. The Morgan fingerprint density at radius 2 is 1.82 bits per heavy atom. The van der Waals surface area contributed by atoms with Crippen LogP contribution in [-0.4, -0.2) is 0 Å². The van der Waals surface area contributed by atoms with Gasteiger partial charge in [-0.1, -0.05) is 70.2 Å². The van der Waals surface area contributed by atoms with Crippen molar-refractivity contribution in [1.29, 1.82) is 0 Å². The molecular formula is C16H27N. The summed E-state index contributed by atoms with van der Waals surface area (Å²) in [6, 6.07) is 8.96. The highest BCUT2D eigenvalue weighted by Gasteiger charge is 2.05. The molecule has 0 fully saturated rings. The van der Waals surface area contributed by atoms with Gasteiger partial charge in [0.2, 0.25) is 0 Å². The molecule has 96 valence electrons. The van der Waals surface area contributed by atoms with E-state index in [1.54, 1.807) is 0 Å². The summed E-state index contributed by atoms with van der Waals surface area (Å²) in [5.41, 5.74) is 8.93. The minimum Gasteiger partial charge on any atom is -0.324 e. The third-order valence-corrected chi connectivity index (χ3v) is 3.41. The van der Waals surface area contributed by atoms with Gasteiger partial charge in [-0.25, -0.2) is 0 Å². The van der Waals surface area contributed by atoms with Crippen LogP contribution in [0.15, 0.2) is 24.3 Å². The van der Waals surface area contributed by atoms with Crippen molar-refractivity contribution in [1.82, 2.24) is 0 Å². The van der Waals surface area contributed by atoms with Crippen LogP contribution in [0.25, 0.3) is 0 Å². The summed E-state index contributed by atoms with van der Waals surface area (Å²) in [5, 5.41) is 0. The average molecular weight is 233 g/mol. The third kappa shape index (κ3) is 5.36. The number of unbranched alkanes of at least 4 members (excludes halogenated alkanes) is 4. The molecule has 0 aliphatic rings. The minimum absolute atomic E-state index is 0.225. The van der Waals surface area contributed by atoms with Crippen molar-refractivity contribution in [2.75, 3.05) is 0 Å². The highest BCUT2D eigenvalue weighted by molar-refractivity contribution is 5.25. The quantitative estimate of drug-likeness (QED) is 0.652. The number of hydrogen-bond acceptors (Lipinski definition) is 1. The van der Waals surface area contributed by atoms with Crippen molar-refractivity contribution in [3.8, 4) is 0 Å². The first-order chi connectivity index (χ1) is 8.27. The van der Waals surface area contributed by atoms with E-state index in [9.17, 15) is 0 Å². The topological polar surface area (TPSA) is 26.0 Å². The van der Waals surface area contributed by atoms with Crippen LogP contribution in [0.2, 0.25) is 0 Å². The van der Waals surface area contributed by atoms with E-state index in [2.05, 4.69) is 38.1 Å². The molecule has 1 aromatic rings. The second kappa shape index (κ2) is 8.30. The molecule has 17 heavy (non-hydrogen) atoms. The molecule has 2 N–H and O–H groups in total. The summed E-state index contributed by atoms with van der Waals surface area (Å²) >= 11 is 0.